The van der Waals surface area contributed by atoms with Gasteiger partial charge in [-0.15, -0.1) is 0 Å². The van der Waals surface area contributed by atoms with Gasteiger partial charge < -0.3 is 10.6 Å². The Kier molecular flexibility index (Phi) is 4.88. The Hall–Kier alpha value is -1.56. The lowest BCUT2D eigenvalue weighted by atomic mass is 9.87. The average molecular weight is 310 g/mol. The van der Waals surface area contributed by atoms with Crippen LogP contribution in [0, 0.1) is 5.92 Å². The lowest BCUT2D eigenvalue weighted by molar-refractivity contribution is -0.125. The van der Waals surface area contributed by atoms with Gasteiger partial charge in [-0.1, -0.05) is 25.1 Å². The molecule has 2 N–H and O–H groups in total. The van der Waals surface area contributed by atoms with Gasteiger partial charge in [0.2, 0.25) is 5.91 Å². The molecule has 21 heavy (non-hydrogen) atoms. The summed E-state index contributed by atoms with van der Waals surface area (Å²) in [7, 11) is -3.04. The van der Waals surface area contributed by atoms with Crippen molar-refractivity contribution in [1.29, 1.82) is 0 Å². The maximum absolute atomic E-state index is 12.2. The molecular weight excluding hydrogens is 288 g/mol. The third kappa shape index (κ3) is 3.97. The number of nitrogens with one attached hydrogen (secondary N) is 2. The second kappa shape index (κ2) is 6.47. The molecule has 116 valence electrons. The second-order valence-corrected chi connectivity index (χ2v) is 7.90. The van der Waals surface area contributed by atoms with E-state index in [1.54, 1.807) is 6.92 Å². The van der Waals surface area contributed by atoms with Gasteiger partial charge in [-0.25, -0.2) is 8.42 Å². The average Bonchev–Trinajstić information content (AvgIpc) is 2.46. The zero-order chi connectivity index (χ0) is 15.5. The molecule has 1 aromatic carbocycles. The fourth-order valence-electron chi connectivity index (χ4n) is 2.52. The van der Waals surface area contributed by atoms with E-state index < -0.39 is 9.84 Å². The van der Waals surface area contributed by atoms with Crippen molar-refractivity contribution in [3.8, 4) is 0 Å². The van der Waals surface area contributed by atoms with Crippen molar-refractivity contribution in [1.82, 2.24) is 5.32 Å². The Morgan fingerprint density at radius 3 is 2.81 bits per heavy atom. The number of para-hydroxylation sites is 1. The molecule has 1 amide bonds. The molecular formula is C15H22N2O3S. The van der Waals surface area contributed by atoms with E-state index in [0.29, 0.717) is 6.42 Å². The molecule has 2 unspecified atom stereocenters. The highest BCUT2D eigenvalue weighted by atomic mass is 32.2. The Labute approximate surface area is 126 Å². The molecule has 2 rings (SSSR count). The summed E-state index contributed by atoms with van der Waals surface area (Å²) in [6.07, 6.45) is 0.677. The van der Waals surface area contributed by atoms with Crippen LogP contribution in [-0.2, 0) is 21.1 Å². The van der Waals surface area contributed by atoms with Gasteiger partial charge in [-0.2, -0.15) is 0 Å². The fourth-order valence-corrected chi connectivity index (χ4v) is 3.23. The Morgan fingerprint density at radius 2 is 2.10 bits per heavy atom. The first kappa shape index (κ1) is 15.8. The predicted molar refractivity (Wildman–Crippen MR) is 84.1 cm³/mol. The lowest BCUT2D eigenvalue weighted by Crippen LogP contribution is -2.44. The summed E-state index contributed by atoms with van der Waals surface area (Å²) in [5, 5.41) is 6.08. The number of anilines is 1. The molecule has 0 radical (unpaired) electrons. The summed E-state index contributed by atoms with van der Waals surface area (Å²) in [5.74, 6) is -0.155. The molecule has 6 heteroatoms. The van der Waals surface area contributed by atoms with Crippen LogP contribution in [0.1, 0.15) is 19.4 Å². The SMILES string of the molecule is CCS(=O)(=O)CCNC(=O)C1Cc2ccccc2NC1C. The smallest absolute Gasteiger partial charge is 0.225 e. The number of hydrogen-bond donors (Lipinski definition) is 2. The standard InChI is InChI=1S/C15H22N2O3S/c1-3-21(19,20)9-8-16-15(18)13-10-12-6-4-5-7-14(12)17-11(13)2/h4-7,11,13,17H,3,8-10H2,1-2H3,(H,16,18). The Bertz CT molecular complexity index is 613. The number of fused-ring (bicyclic) bond motifs is 1. The highest BCUT2D eigenvalue weighted by molar-refractivity contribution is 7.91. The van der Waals surface area contributed by atoms with E-state index in [2.05, 4.69) is 10.6 Å². The molecule has 0 bridgehead atoms. The summed E-state index contributed by atoms with van der Waals surface area (Å²) in [6, 6.07) is 7.97. The minimum atomic E-state index is -3.04. The molecule has 0 fully saturated rings. The first-order chi connectivity index (χ1) is 9.93. The summed E-state index contributed by atoms with van der Waals surface area (Å²) >= 11 is 0. The zero-order valence-corrected chi connectivity index (χ0v) is 13.2. The number of rotatable bonds is 5. The van der Waals surface area contributed by atoms with Gasteiger partial charge in [0, 0.05) is 24.0 Å². The van der Waals surface area contributed by atoms with Crippen molar-refractivity contribution in [3.05, 3.63) is 29.8 Å². The van der Waals surface area contributed by atoms with E-state index in [4.69, 9.17) is 0 Å². The normalized spacial score (nSPS) is 21.2. The Morgan fingerprint density at radius 1 is 1.38 bits per heavy atom. The van der Waals surface area contributed by atoms with Crippen LogP contribution in [0.4, 0.5) is 5.69 Å². The first-order valence-electron chi connectivity index (χ1n) is 7.25. The molecule has 1 aliphatic heterocycles. The minimum Gasteiger partial charge on any atom is -0.382 e. The highest BCUT2D eigenvalue weighted by Crippen LogP contribution is 2.28. The molecule has 0 spiro atoms. The molecule has 0 saturated carbocycles. The molecule has 1 aromatic rings. The maximum Gasteiger partial charge on any atom is 0.225 e. The van der Waals surface area contributed by atoms with E-state index in [-0.39, 0.29) is 35.9 Å². The van der Waals surface area contributed by atoms with Gasteiger partial charge in [0.1, 0.15) is 0 Å². The lowest BCUT2D eigenvalue weighted by Gasteiger charge is -2.31. The van der Waals surface area contributed by atoms with Crippen molar-refractivity contribution in [2.75, 3.05) is 23.4 Å². The predicted octanol–water partition coefficient (Wildman–Crippen LogP) is 1.21. The van der Waals surface area contributed by atoms with E-state index in [1.165, 1.54) is 0 Å². The van der Waals surface area contributed by atoms with Crippen LogP contribution in [0.3, 0.4) is 0 Å². The van der Waals surface area contributed by atoms with Crippen molar-refractivity contribution in [2.45, 2.75) is 26.3 Å². The molecule has 1 heterocycles. The number of sulfone groups is 1. The third-order valence-corrected chi connectivity index (χ3v) is 5.64. The second-order valence-electron chi connectivity index (χ2n) is 5.43. The molecule has 0 saturated heterocycles. The first-order valence-corrected chi connectivity index (χ1v) is 9.07. The largest absolute Gasteiger partial charge is 0.382 e. The van der Waals surface area contributed by atoms with Crippen LogP contribution >= 0.6 is 0 Å². The summed E-state index contributed by atoms with van der Waals surface area (Å²) < 4.78 is 22.8. The van der Waals surface area contributed by atoms with E-state index >= 15 is 0 Å². The summed E-state index contributed by atoms with van der Waals surface area (Å²) in [6.45, 7) is 3.77. The molecule has 0 aromatic heterocycles. The van der Waals surface area contributed by atoms with Crippen LogP contribution in [0.25, 0.3) is 0 Å². The van der Waals surface area contributed by atoms with Gasteiger partial charge in [0.25, 0.3) is 0 Å². The van der Waals surface area contributed by atoms with Crippen molar-refractivity contribution in [3.63, 3.8) is 0 Å². The van der Waals surface area contributed by atoms with Crippen LogP contribution in [-0.4, -0.2) is 38.4 Å². The third-order valence-electron chi connectivity index (χ3n) is 3.93. The van der Waals surface area contributed by atoms with E-state index in [9.17, 15) is 13.2 Å². The zero-order valence-electron chi connectivity index (χ0n) is 12.4. The number of amides is 1. The van der Waals surface area contributed by atoms with Gasteiger partial charge >= 0.3 is 0 Å². The van der Waals surface area contributed by atoms with Crippen LogP contribution in [0.5, 0.6) is 0 Å². The van der Waals surface area contributed by atoms with Gasteiger partial charge in [-0.05, 0) is 25.0 Å². The van der Waals surface area contributed by atoms with E-state index in [1.807, 2.05) is 31.2 Å². The quantitative estimate of drug-likeness (QED) is 0.857. The summed E-state index contributed by atoms with van der Waals surface area (Å²) in [5.41, 5.74) is 2.19. The number of benzene rings is 1. The Balaban J connectivity index is 1.94. The minimum absolute atomic E-state index is 0.000354. The van der Waals surface area contributed by atoms with Crippen molar-refractivity contribution in [2.24, 2.45) is 5.92 Å². The van der Waals surface area contributed by atoms with E-state index in [0.717, 1.165) is 11.3 Å². The topological polar surface area (TPSA) is 75.3 Å². The number of hydrogen-bond acceptors (Lipinski definition) is 4. The summed E-state index contributed by atoms with van der Waals surface area (Å²) in [4.78, 5) is 12.2. The number of carbonyl (C=O) groups excluding carboxylic acids is 1. The molecule has 2 atom stereocenters. The monoisotopic (exact) mass is 310 g/mol. The number of carbonyl (C=O) groups is 1. The highest BCUT2D eigenvalue weighted by Gasteiger charge is 2.30. The van der Waals surface area contributed by atoms with Crippen molar-refractivity contribution < 1.29 is 13.2 Å². The van der Waals surface area contributed by atoms with Crippen LogP contribution in [0.15, 0.2) is 24.3 Å². The van der Waals surface area contributed by atoms with Gasteiger partial charge in [0.05, 0.1) is 11.7 Å². The fraction of sp³-hybridized carbons (Fsp3) is 0.533. The van der Waals surface area contributed by atoms with Gasteiger partial charge in [0.15, 0.2) is 9.84 Å². The molecule has 1 aliphatic rings. The molecule has 5 nitrogen and oxygen atoms in total. The van der Waals surface area contributed by atoms with Crippen LogP contribution < -0.4 is 10.6 Å². The maximum atomic E-state index is 12.2. The van der Waals surface area contributed by atoms with Gasteiger partial charge in [-0.3, -0.25) is 4.79 Å². The molecule has 0 aliphatic carbocycles. The van der Waals surface area contributed by atoms with Crippen LogP contribution in [0.2, 0.25) is 0 Å². The van der Waals surface area contributed by atoms with Crippen molar-refractivity contribution >= 4 is 21.4 Å².